The van der Waals surface area contributed by atoms with Crippen molar-refractivity contribution in [3.63, 3.8) is 0 Å². The van der Waals surface area contributed by atoms with Crippen molar-refractivity contribution in [2.45, 2.75) is 0 Å². The first-order valence-electron chi connectivity index (χ1n) is 5.03. The van der Waals surface area contributed by atoms with Gasteiger partial charge in [0.15, 0.2) is 0 Å². The number of hydrazine groups is 1. The Labute approximate surface area is 96.4 Å². The van der Waals surface area contributed by atoms with Crippen molar-refractivity contribution in [1.82, 2.24) is 15.1 Å². The first-order valence-corrected chi connectivity index (χ1v) is 5.03. The van der Waals surface area contributed by atoms with Gasteiger partial charge in [0.2, 0.25) is 5.82 Å². The van der Waals surface area contributed by atoms with E-state index in [1.807, 2.05) is 36.4 Å². The highest BCUT2D eigenvalue weighted by Crippen LogP contribution is 2.19. The molecular formula is C11H9N5O. The van der Waals surface area contributed by atoms with Crippen molar-refractivity contribution in [3.05, 3.63) is 36.4 Å². The summed E-state index contributed by atoms with van der Waals surface area (Å²) in [6.07, 6.45) is 0. The van der Waals surface area contributed by atoms with Crippen molar-refractivity contribution in [2.75, 3.05) is 5.43 Å². The minimum atomic E-state index is 0.162. The van der Waals surface area contributed by atoms with Crippen molar-refractivity contribution in [1.29, 1.82) is 0 Å². The van der Waals surface area contributed by atoms with E-state index in [4.69, 9.17) is 10.4 Å². The number of nitrogens with two attached hydrogens (primary N) is 1. The van der Waals surface area contributed by atoms with E-state index < -0.39 is 0 Å². The Hall–Kier alpha value is -2.47. The van der Waals surface area contributed by atoms with E-state index in [2.05, 4.69) is 20.6 Å². The minimum absolute atomic E-state index is 0.162. The maximum Gasteiger partial charge on any atom is 0.335 e. The standard InChI is InChI=1S/C11H9N5O/c12-15-11-14-10(16-17-11)9-6-5-7-3-1-2-4-8(7)13-9/h1-6H,12H2,(H,14,15,16). The van der Waals surface area contributed by atoms with Crippen LogP contribution in [0.1, 0.15) is 0 Å². The number of hydrogen-bond acceptors (Lipinski definition) is 6. The highest BCUT2D eigenvalue weighted by atomic mass is 16.5. The number of nitrogens with zero attached hydrogens (tertiary/aromatic N) is 3. The molecule has 0 amide bonds. The number of fused-ring (bicyclic) bond motifs is 1. The molecule has 0 aliphatic rings. The average Bonchev–Trinajstić information content (AvgIpc) is 2.87. The van der Waals surface area contributed by atoms with E-state index in [1.54, 1.807) is 0 Å². The summed E-state index contributed by atoms with van der Waals surface area (Å²) in [5.74, 6) is 5.57. The summed E-state index contributed by atoms with van der Waals surface area (Å²) in [5.41, 5.74) is 3.82. The zero-order valence-corrected chi connectivity index (χ0v) is 8.79. The number of anilines is 1. The molecule has 0 saturated heterocycles. The Morgan fingerprint density at radius 3 is 2.76 bits per heavy atom. The quantitative estimate of drug-likeness (QED) is 0.510. The lowest BCUT2D eigenvalue weighted by molar-refractivity contribution is 0.432. The largest absolute Gasteiger partial charge is 0.335 e. The van der Waals surface area contributed by atoms with Gasteiger partial charge in [0.25, 0.3) is 0 Å². The number of pyridine rings is 1. The second kappa shape index (κ2) is 3.84. The van der Waals surface area contributed by atoms with Gasteiger partial charge in [0, 0.05) is 5.39 Å². The summed E-state index contributed by atoms with van der Waals surface area (Å²) >= 11 is 0. The molecule has 0 fully saturated rings. The van der Waals surface area contributed by atoms with Crippen LogP contribution in [-0.4, -0.2) is 15.1 Å². The molecule has 3 aromatic rings. The van der Waals surface area contributed by atoms with Gasteiger partial charge in [0.1, 0.15) is 5.69 Å². The summed E-state index contributed by atoms with van der Waals surface area (Å²) in [7, 11) is 0. The first-order chi connectivity index (χ1) is 8.36. The van der Waals surface area contributed by atoms with Gasteiger partial charge in [-0.05, 0) is 12.1 Å². The zero-order chi connectivity index (χ0) is 11.7. The molecule has 2 aromatic heterocycles. The molecule has 0 bridgehead atoms. The second-order valence-electron chi connectivity index (χ2n) is 3.46. The van der Waals surface area contributed by atoms with E-state index >= 15 is 0 Å². The third-order valence-electron chi connectivity index (χ3n) is 2.38. The molecule has 6 nitrogen and oxygen atoms in total. The predicted molar refractivity (Wildman–Crippen MR) is 62.8 cm³/mol. The SMILES string of the molecule is NNc1nc(-c2ccc3ccccc3n2)no1. The van der Waals surface area contributed by atoms with Gasteiger partial charge in [-0.3, -0.25) is 5.43 Å². The maximum atomic E-state index is 5.17. The summed E-state index contributed by atoms with van der Waals surface area (Å²) in [5, 5.41) is 4.84. The van der Waals surface area contributed by atoms with Crippen LogP contribution in [0.3, 0.4) is 0 Å². The molecule has 2 heterocycles. The van der Waals surface area contributed by atoms with E-state index in [0.717, 1.165) is 10.9 Å². The molecule has 6 heteroatoms. The minimum Gasteiger partial charge on any atom is -0.314 e. The van der Waals surface area contributed by atoms with Crippen molar-refractivity contribution < 1.29 is 4.52 Å². The molecule has 84 valence electrons. The maximum absolute atomic E-state index is 5.17. The fourth-order valence-electron chi connectivity index (χ4n) is 1.58. The van der Waals surface area contributed by atoms with Crippen LogP contribution in [0.25, 0.3) is 22.4 Å². The van der Waals surface area contributed by atoms with Crippen molar-refractivity contribution >= 4 is 16.9 Å². The van der Waals surface area contributed by atoms with Gasteiger partial charge in [-0.25, -0.2) is 10.8 Å². The molecule has 1 aromatic carbocycles. The van der Waals surface area contributed by atoms with Gasteiger partial charge in [-0.2, -0.15) is 4.98 Å². The highest BCUT2D eigenvalue weighted by Gasteiger charge is 2.09. The van der Waals surface area contributed by atoms with E-state index in [-0.39, 0.29) is 6.01 Å². The summed E-state index contributed by atoms with van der Waals surface area (Å²) in [6.45, 7) is 0. The van der Waals surface area contributed by atoms with E-state index in [9.17, 15) is 0 Å². The van der Waals surface area contributed by atoms with Gasteiger partial charge >= 0.3 is 6.01 Å². The molecule has 0 atom stereocenters. The topological polar surface area (TPSA) is 89.9 Å². The Kier molecular flexibility index (Phi) is 2.20. The molecular weight excluding hydrogens is 218 g/mol. The number of rotatable bonds is 2. The number of aromatic nitrogens is 3. The fraction of sp³-hybridized carbons (Fsp3) is 0. The third-order valence-corrected chi connectivity index (χ3v) is 2.38. The third kappa shape index (κ3) is 1.70. The molecule has 17 heavy (non-hydrogen) atoms. The van der Waals surface area contributed by atoms with Gasteiger partial charge in [-0.15, -0.1) is 0 Å². The van der Waals surface area contributed by atoms with Crippen LogP contribution >= 0.6 is 0 Å². The van der Waals surface area contributed by atoms with Crippen LogP contribution in [0.5, 0.6) is 0 Å². The fourth-order valence-corrected chi connectivity index (χ4v) is 1.58. The van der Waals surface area contributed by atoms with Gasteiger partial charge < -0.3 is 4.52 Å². The highest BCUT2D eigenvalue weighted by molar-refractivity contribution is 5.80. The molecule has 0 unspecified atom stereocenters. The van der Waals surface area contributed by atoms with E-state index in [0.29, 0.717) is 11.5 Å². The smallest absolute Gasteiger partial charge is 0.314 e. The van der Waals surface area contributed by atoms with Crippen molar-refractivity contribution in [2.24, 2.45) is 5.84 Å². The lowest BCUT2D eigenvalue weighted by atomic mass is 10.2. The average molecular weight is 227 g/mol. The second-order valence-corrected chi connectivity index (χ2v) is 3.46. The van der Waals surface area contributed by atoms with Crippen LogP contribution in [0.4, 0.5) is 6.01 Å². The number of para-hydroxylation sites is 1. The van der Waals surface area contributed by atoms with Crippen molar-refractivity contribution in [3.8, 4) is 11.5 Å². The van der Waals surface area contributed by atoms with Gasteiger partial charge in [-0.1, -0.05) is 29.4 Å². The Morgan fingerprint density at radius 2 is 1.94 bits per heavy atom. The lowest BCUT2D eigenvalue weighted by Gasteiger charge is -1.98. The summed E-state index contributed by atoms with van der Waals surface area (Å²) in [4.78, 5) is 8.47. The Bertz CT molecular complexity index is 664. The number of nitrogens with one attached hydrogen (secondary N) is 1. The van der Waals surface area contributed by atoms with Gasteiger partial charge in [0.05, 0.1) is 5.52 Å². The normalized spacial score (nSPS) is 10.6. The number of nitrogen functional groups attached to an aromatic ring is 1. The monoisotopic (exact) mass is 227 g/mol. The first kappa shape index (κ1) is 9.73. The Morgan fingerprint density at radius 1 is 1.06 bits per heavy atom. The summed E-state index contributed by atoms with van der Waals surface area (Å²) in [6, 6.07) is 11.8. The van der Waals surface area contributed by atoms with Crippen LogP contribution in [0, 0.1) is 0 Å². The molecule has 0 aliphatic carbocycles. The van der Waals surface area contributed by atoms with Crippen LogP contribution in [0.2, 0.25) is 0 Å². The lowest BCUT2D eigenvalue weighted by Crippen LogP contribution is -2.06. The van der Waals surface area contributed by atoms with Crippen LogP contribution in [0.15, 0.2) is 40.9 Å². The molecule has 3 rings (SSSR count). The van der Waals surface area contributed by atoms with E-state index in [1.165, 1.54) is 0 Å². The Balaban J connectivity index is 2.11. The molecule has 0 saturated carbocycles. The van der Waals surface area contributed by atoms with Crippen LogP contribution in [-0.2, 0) is 0 Å². The molecule has 0 aliphatic heterocycles. The van der Waals surface area contributed by atoms with Crippen LogP contribution < -0.4 is 11.3 Å². The number of hydrogen-bond donors (Lipinski definition) is 2. The molecule has 0 spiro atoms. The predicted octanol–water partition coefficient (Wildman–Crippen LogP) is 1.57. The molecule has 0 radical (unpaired) electrons. The number of benzene rings is 1. The zero-order valence-electron chi connectivity index (χ0n) is 8.79. The molecule has 3 N–H and O–H groups in total. The summed E-state index contributed by atoms with van der Waals surface area (Å²) < 4.78 is 4.84.